The van der Waals surface area contributed by atoms with E-state index in [1.807, 2.05) is 30.3 Å². The van der Waals surface area contributed by atoms with Crippen molar-refractivity contribution in [2.24, 2.45) is 0 Å². The van der Waals surface area contributed by atoms with Crippen LogP contribution in [0.5, 0.6) is 11.5 Å². The average Bonchev–Trinajstić information content (AvgIpc) is 3.12. The van der Waals surface area contributed by atoms with E-state index in [-0.39, 0.29) is 19.0 Å². The first-order valence-corrected chi connectivity index (χ1v) is 18.2. The van der Waals surface area contributed by atoms with Gasteiger partial charge in [0.1, 0.15) is 18.1 Å². The molecule has 0 heterocycles. The number of amides is 1. The Morgan fingerprint density at radius 3 is 1.73 bits per heavy atom. The third kappa shape index (κ3) is 16.1. The van der Waals surface area contributed by atoms with Crippen molar-refractivity contribution in [3.8, 4) is 11.5 Å². The molecule has 1 N–H and O–H groups in total. The summed E-state index contributed by atoms with van der Waals surface area (Å²) in [4.78, 5) is 38.2. The number of carbonyl (C=O) groups excluding carboxylic acids is 3. The molecule has 0 radical (unpaired) electrons. The van der Waals surface area contributed by atoms with Crippen molar-refractivity contribution < 1.29 is 33.3 Å². The Balaban J connectivity index is 1.35. The zero-order chi connectivity index (χ0) is 34.9. The summed E-state index contributed by atoms with van der Waals surface area (Å²) >= 11 is 0. The Morgan fingerprint density at radius 2 is 1.16 bits per heavy atom. The molecule has 0 spiro atoms. The van der Waals surface area contributed by atoms with Gasteiger partial charge in [0.05, 0.1) is 18.8 Å². The SMILES string of the molecule is CCCCCCCCCCCCCCCCOc1ccc(NC(=O)C(Oc2ccc(C(=O)OCc3ccccc3)cc2)C(=O)OCC)cc1. The summed E-state index contributed by atoms with van der Waals surface area (Å²) < 4.78 is 22.1. The Morgan fingerprint density at radius 1 is 0.612 bits per heavy atom. The molecule has 1 unspecified atom stereocenters. The van der Waals surface area contributed by atoms with E-state index < -0.39 is 23.9 Å². The van der Waals surface area contributed by atoms with Gasteiger partial charge in [0, 0.05) is 5.69 Å². The van der Waals surface area contributed by atoms with Crippen LogP contribution in [-0.4, -0.2) is 37.2 Å². The van der Waals surface area contributed by atoms with Gasteiger partial charge in [0.25, 0.3) is 12.0 Å². The molecule has 3 rings (SSSR count). The highest BCUT2D eigenvalue weighted by Crippen LogP contribution is 2.20. The lowest BCUT2D eigenvalue weighted by Crippen LogP contribution is -2.41. The van der Waals surface area contributed by atoms with Crippen LogP contribution in [0, 0.1) is 0 Å². The number of esters is 2. The Labute approximate surface area is 292 Å². The van der Waals surface area contributed by atoms with E-state index in [0.29, 0.717) is 23.6 Å². The van der Waals surface area contributed by atoms with Gasteiger partial charge in [-0.15, -0.1) is 0 Å². The zero-order valence-corrected chi connectivity index (χ0v) is 29.5. The second-order valence-corrected chi connectivity index (χ2v) is 12.3. The smallest absolute Gasteiger partial charge is 0.357 e. The largest absolute Gasteiger partial charge is 0.494 e. The number of anilines is 1. The standard InChI is InChI=1S/C41H55NO7/c1-3-5-6-7-8-9-10-11-12-13-14-15-16-20-31-47-36-29-25-35(26-30-36)42-39(43)38(41(45)46-4-2)49-37-27-23-34(24-28-37)40(44)48-32-33-21-18-17-19-22-33/h17-19,21-30,38H,3-16,20,31-32H2,1-2H3,(H,42,43). The molecule has 3 aromatic rings. The van der Waals surface area contributed by atoms with Crippen molar-refractivity contribution in [2.75, 3.05) is 18.5 Å². The molecule has 0 bridgehead atoms. The van der Waals surface area contributed by atoms with E-state index in [4.69, 9.17) is 18.9 Å². The molecule has 0 aromatic heterocycles. The molecule has 1 amide bonds. The molecule has 8 nitrogen and oxygen atoms in total. The molecule has 8 heteroatoms. The highest BCUT2D eigenvalue weighted by atomic mass is 16.6. The molecule has 0 saturated heterocycles. The van der Waals surface area contributed by atoms with Gasteiger partial charge in [0.2, 0.25) is 0 Å². The van der Waals surface area contributed by atoms with Gasteiger partial charge in [-0.25, -0.2) is 9.59 Å². The van der Waals surface area contributed by atoms with Gasteiger partial charge in [-0.1, -0.05) is 121 Å². The Hall–Kier alpha value is -4.33. The van der Waals surface area contributed by atoms with Gasteiger partial charge < -0.3 is 24.3 Å². The second-order valence-electron chi connectivity index (χ2n) is 12.3. The monoisotopic (exact) mass is 673 g/mol. The maximum atomic E-state index is 13.1. The summed E-state index contributed by atoms with van der Waals surface area (Å²) in [5, 5.41) is 2.72. The second kappa shape index (κ2) is 23.9. The molecular weight excluding hydrogens is 618 g/mol. The molecule has 3 aromatic carbocycles. The van der Waals surface area contributed by atoms with Crippen LogP contribution in [0.4, 0.5) is 5.69 Å². The van der Waals surface area contributed by atoms with Gasteiger partial charge in [-0.3, -0.25) is 4.79 Å². The predicted octanol–water partition coefficient (Wildman–Crippen LogP) is 9.85. The van der Waals surface area contributed by atoms with Crippen molar-refractivity contribution in [3.63, 3.8) is 0 Å². The zero-order valence-electron chi connectivity index (χ0n) is 29.5. The third-order valence-electron chi connectivity index (χ3n) is 8.18. The normalized spacial score (nSPS) is 11.4. The van der Waals surface area contributed by atoms with Crippen LogP contribution in [0.15, 0.2) is 78.9 Å². The number of rotatable bonds is 25. The molecule has 0 aliphatic heterocycles. The minimum atomic E-state index is -1.55. The van der Waals surface area contributed by atoms with Gasteiger partial charge >= 0.3 is 11.9 Å². The van der Waals surface area contributed by atoms with Crippen molar-refractivity contribution >= 4 is 23.5 Å². The predicted molar refractivity (Wildman–Crippen MR) is 194 cm³/mol. The van der Waals surface area contributed by atoms with Crippen molar-refractivity contribution in [2.45, 2.75) is 116 Å². The maximum absolute atomic E-state index is 13.1. The molecule has 0 saturated carbocycles. The van der Waals surface area contributed by atoms with Crippen LogP contribution < -0.4 is 14.8 Å². The third-order valence-corrected chi connectivity index (χ3v) is 8.18. The molecule has 49 heavy (non-hydrogen) atoms. The van der Waals surface area contributed by atoms with Gasteiger partial charge in [-0.2, -0.15) is 0 Å². The average molecular weight is 674 g/mol. The van der Waals surface area contributed by atoms with Crippen molar-refractivity contribution in [1.29, 1.82) is 0 Å². The fourth-order valence-electron chi connectivity index (χ4n) is 5.37. The summed E-state index contributed by atoms with van der Waals surface area (Å²) in [6.45, 7) is 4.80. The summed E-state index contributed by atoms with van der Waals surface area (Å²) in [6.07, 6.45) is 16.9. The van der Waals surface area contributed by atoms with E-state index in [0.717, 1.165) is 18.4 Å². The van der Waals surface area contributed by atoms with Crippen LogP contribution in [0.3, 0.4) is 0 Å². The van der Waals surface area contributed by atoms with Crippen molar-refractivity contribution in [3.05, 3.63) is 90.0 Å². The number of hydrogen-bond donors (Lipinski definition) is 1. The summed E-state index contributed by atoms with van der Waals surface area (Å²) in [5.74, 6) is -1.06. The number of benzene rings is 3. The number of nitrogens with one attached hydrogen (secondary N) is 1. The Kier molecular flexibility index (Phi) is 19.1. The lowest BCUT2D eigenvalue weighted by atomic mass is 10.0. The first-order chi connectivity index (χ1) is 24.0. The number of carbonyl (C=O) groups is 3. The first kappa shape index (κ1) is 39.1. The van der Waals surface area contributed by atoms with E-state index in [1.54, 1.807) is 31.2 Å². The number of hydrogen-bond acceptors (Lipinski definition) is 7. The molecule has 0 aliphatic rings. The minimum absolute atomic E-state index is 0.0868. The summed E-state index contributed by atoms with van der Waals surface area (Å²) in [6, 6.07) is 22.4. The van der Waals surface area contributed by atoms with E-state index in [1.165, 1.54) is 101 Å². The molecule has 266 valence electrons. The molecular formula is C41H55NO7. The van der Waals surface area contributed by atoms with Gasteiger partial charge in [-0.05, 0) is 67.4 Å². The lowest BCUT2D eigenvalue weighted by molar-refractivity contribution is -0.154. The summed E-state index contributed by atoms with van der Waals surface area (Å²) in [7, 11) is 0. The fourth-order valence-corrected chi connectivity index (χ4v) is 5.37. The topological polar surface area (TPSA) is 100 Å². The fraction of sp³-hybridized carbons (Fsp3) is 0.488. The number of ether oxygens (including phenoxy) is 4. The van der Waals surface area contributed by atoms with Crippen LogP contribution in [0.2, 0.25) is 0 Å². The van der Waals surface area contributed by atoms with E-state index in [9.17, 15) is 14.4 Å². The van der Waals surface area contributed by atoms with Crippen LogP contribution in [0.1, 0.15) is 120 Å². The lowest BCUT2D eigenvalue weighted by Gasteiger charge is -2.18. The Bertz CT molecular complexity index is 1340. The quantitative estimate of drug-likeness (QED) is 0.0543. The highest BCUT2D eigenvalue weighted by molar-refractivity contribution is 6.07. The first-order valence-electron chi connectivity index (χ1n) is 18.2. The highest BCUT2D eigenvalue weighted by Gasteiger charge is 2.30. The number of unbranched alkanes of at least 4 members (excludes halogenated alkanes) is 13. The molecule has 0 aliphatic carbocycles. The molecule has 1 atom stereocenters. The van der Waals surface area contributed by atoms with Gasteiger partial charge in [0.15, 0.2) is 0 Å². The van der Waals surface area contributed by atoms with E-state index in [2.05, 4.69) is 12.2 Å². The van der Waals surface area contributed by atoms with Crippen LogP contribution in [0.25, 0.3) is 0 Å². The van der Waals surface area contributed by atoms with E-state index >= 15 is 0 Å². The van der Waals surface area contributed by atoms with Crippen LogP contribution in [-0.2, 0) is 25.7 Å². The summed E-state index contributed by atoms with van der Waals surface area (Å²) in [5.41, 5.74) is 1.68. The maximum Gasteiger partial charge on any atom is 0.357 e. The van der Waals surface area contributed by atoms with Crippen molar-refractivity contribution in [1.82, 2.24) is 0 Å². The molecule has 0 fully saturated rings. The van der Waals surface area contributed by atoms with Crippen LogP contribution >= 0.6 is 0 Å². The minimum Gasteiger partial charge on any atom is -0.494 e.